The highest BCUT2D eigenvalue weighted by Gasteiger charge is 2.12. The Bertz CT molecular complexity index is 628. The van der Waals surface area contributed by atoms with Crippen LogP contribution in [0.2, 0.25) is 5.02 Å². The molecule has 2 aromatic rings. The van der Waals surface area contributed by atoms with Crippen LogP contribution in [0.3, 0.4) is 0 Å². The number of benzene rings is 2. The van der Waals surface area contributed by atoms with E-state index in [2.05, 4.69) is 28.2 Å². The minimum atomic E-state index is -0.195. The third kappa shape index (κ3) is 3.62. The predicted molar refractivity (Wildman–Crippen MR) is 87.5 cm³/mol. The van der Waals surface area contributed by atoms with E-state index in [1.165, 1.54) is 0 Å². The maximum atomic E-state index is 12.3. The first-order valence-electron chi connectivity index (χ1n) is 6.46. The summed E-state index contributed by atoms with van der Waals surface area (Å²) in [5.41, 5.74) is 2.44. The molecule has 1 amide bonds. The highest BCUT2D eigenvalue weighted by Crippen LogP contribution is 2.23. The van der Waals surface area contributed by atoms with E-state index in [0.29, 0.717) is 10.6 Å². The number of nitrogens with one attached hydrogen (secondary N) is 1. The summed E-state index contributed by atoms with van der Waals surface area (Å²) in [6, 6.07) is 13.1. The first-order valence-corrected chi connectivity index (χ1v) is 7.63. The molecule has 0 radical (unpaired) electrons. The van der Waals surface area contributed by atoms with Gasteiger partial charge in [0.25, 0.3) is 5.91 Å². The highest BCUT2D eigenvalue weighted by atomic mass is 79.9. The van der Waals surface area contributed by atoms with E-state index < -0.39 is 0 Å². The summed E-state index contributed by atoms with van der Waals surface area (Å²) in [4.78, 5) is 12.3. The zero-order valence-corrected chi connectivity index (χ0v) is 13.5. The van der Waals surface area contributed by atoms with E-state index in [-0.39, 0.29) is 5.91 Å². The van der Waals surface area contributed by atoms with Gasteiger partial charge in [0.2, 0.25) is 0 Å². The number of aryl methyl sites for hydroxylation is 1. The zero-order chi connectivity index (χ0) is 14.5. The van der Waals surface area contributed by atoms with E-state index in [9.17, 15) is 4.79 Å². The van der Waals surface area contributed by atoms with Crippen LogP contribution < -0.4 is 5.32 Å². The van der Waals surface area contributed by atoms with Gasteiger partial charge in [0.05, 0.1) is 10.6 Å². The monoisotopic (exact) mass is 351 g/mol. The molecular formula is C16H15BrClNO. The van der Waals surface area contributed by atoms with Crippen molar-refractivity contribution < 1.29 is 4.79 Å². The molecule has 1 N–H and O–H groups in total. The van der Waals surface area contributed by atoms with Crippen molar-refractivity contribution in [2.24, 2.45) is 0 Å². The van der Waals surface area contributed by atoms with E-state index in [1.54, 1.807) is 12.1 Å². The number of hydrogen-bond donors (Lipinski definition) is 1. The van der Waals surface area contributed by atoms with Crippen molar-refractivity contribution >= 4 is 39.1 Å². The Labute approximate surface area is 132 Å². The van der Waals surface area contributed by atoms with Gasteiger partial charge < -0.3 is 5.32 Å². The molecule has 0 aromatic heterocycles. The molecule has 0 unspecified atom stereocenters. The standard InChI is InChI=1S/C16H15BrClNO/c1-2-5-11-6-3-4-7-15(11)19-16(20)13-10-12(17)8-9-14(13)18/h3-4,6-10H,2,5H2,1H3,(H,19,20). The zero-order valence-electron chi connectivity index (χ0n) is 11.1. The molecule has 0 bridgehead atoms. The van der Waals surface area contributed by atoms with Crippen molar-refractivity contribution in [3.63, 3.8) is 0 Å². The molecule has 0 atom stereocenters. The van der Waals surface area contributed by atoms with E-state index in [1.807, 2.05) is 30.3 Å². The minimum Gasteiger partial charge on any atom is -0.322 e. The summed E-state index contributed by atoms with van der Waals surface area (Å²) in [5.74, 6) is -0.195. The van der Waals surface area contributed by atoms with Gasteiger partial charge in [0.1, 0.15) is 0 Å². The number of anilines is 1. The van der Waals surface area contributed by atoms with Crippen LogP contribution in [0.5, 0.6) is 0 Å². The normalized spacial score (nSPS) is 10.3. The molecule has 0 saturated carbocycles. The lowest BCUT2D eigenvalue weighted by molar-refractivity contribution is 0.102. The summed E-state index contributed by atoms with van der Waals surface area (Å²) in [5, 5.41) is 3.38. The molecule has 0 spiro atoms. The molecule has 4 heteroatoms. The Balaban J connectivity index is 2.26. The van der Waals surface area contributed by atoms with Crippen LogP contribution in [0.15, 0.2) is 46.9 Å². The minimum absolute atomic E-state index is 0.195. The molecular weight excluding hydrogens is 338 g/mol. The van der Waals surface area contributed by atoms with Crippen molar-refractivity contribution in [3.8, 4) is 0 Å². The lowest BCUT2D eigenvalue weighted by Crippen LogP contribution is -2.13. The van der Waals surface area contributed by atoms with Crippen molar-refractivity contribution in [2.45, 2.75) is 19.8 Å². The molecule has 0 heterocycles. The Morgan fingerprint density at radius 3 is 2.75 bits per heavy atom. The molecule has 2 aromatic carbocycles. The fourth-order valence-corrected chi connectivity index (χ4v) is 2.56. The Kier molecular flexibility index (Phi) is 5.21. The van der Waals surface area contributed by atoms with Crippen molar-refractivity contribution in [1.82, 2.24) is 0 Å². The predicted octanol–water partition coefficient (Wildman–Crippen LogP) is 5.31. The van der Waals surface area contributed by atoms with Gasteiger partial charge in [-0.2, -0.15) is 0 Å². The van der Waals surface area contributed by atoms with Crippen LogP contribution in [0.1, 0.15) is 29.3 Å². The fourth-order valence-electron chi connectivity index (χ4n) is 1.99. The lowest BCUT2D eigenvalue weighted by Gasteiger charge is -2.11. The highest BCUT2D eigenvalue weighted by molar-refractivity contribution is 9.10. The number of hydrogen-bond acceptors (Lipinski definition) is 1. The van der Waals surface area contributed by atoms with Gasteiger partial charge in [-0.05, 0) is 36.2 Å². The van der Waals surface area contributed by atoms with Crippen LogP contribution in [-0.2, 0) is 6.42 Å². The van der Waals surface area contributed by atoms with Crippen LogP contribution in [0.25, 0.3) is 0 Å². The molecule has 0 aliphatic carbocycles. The summed E-state index contributed by atoms with van der Waals surface area (Å²) >= 11 is 9.43. The van der Waals surface area contributed by atoms with Crippen LogP contribution in [0, 0.1) is 0 Å². The molecule has 0 saturated heterocycles. The maximum absolute atomic E-state index is 12.3. The lowest BCUT2D eigenvalue weighted by atomic mass is 10.1. The first-order chi connectivity index (χ1) is 9.61. The third-order valence-corrected chi connectivity index (χ3v) is 3.78. The van der Waals surface area contributed by atoms with Crippen LogP contribution in [-0.4, -0.2) is 5.91 Å². The average molecular weight is 353 g/mol. The number of carbonyl (C=O) groups is 1. The van der Waals surface area contributed by atoms with Gasteiger partial charge in [0, 0.05) is 10.2 Å². The van der Waals surface area contributed by atoms with Crippen molar-refractivity contribution in [3.05, 3.63) is 63.1 Å². The van der Waals surface area contributed by atoms with E-state index in [4.69, 9.17) is 11.6 Å². The summed E-state index contributed by atoms with van der Waals surface area (Å²) in [7, 11) is 0. The summed E-state index contributed by atoms with van der Waals surface area (Å²) in [6.45, 7) is 2.11. The average Bonchev–Trinajstić information content (AvgIpc) is 2.44. The van der Waals surface area contributed by atoms with Gasteiger partial charge in [0.15, 0.2) is 0 Å². The molecule has 0 aliphatic rings. The van der Waals surface area contributed by atoms with Gasteiger partial charge >= 0.3 is 0 Å². The maximum Gasteiger partial charge on any atom is 0.257 e. The van der Waals surface area contributed by atoms with Gasteiger partial charge in [-0.1, -0.05) is 59.1 Å². The number of rotatable bonds is 4. The molecule has 2 nitrogen and oxygen atoms in total. The van der Waals surface area contributed by atoms with E-state index >= 15 is 0 Å². The fraction of sp³-hybridized carbons (Fsp3) is 0.188. The first kappa shape index (κ1) is 15.1. The second-order valence-electron chi connectivity index (χ2n) is 4.49. The quantitative estimate of drug-likeness (QED) is 0.794. The van der Waals surface area contributed by atoms with Gasteiger partial charge in [-0.3, -0.25) is 4.79 Å². The number of halogens is 2. The Morgan fingerprint density at radius 1 is 1.25 bits per heavy atom. The number of para-hydroxylation sites is 1. The Hall–Kier alpha value is -1.32. The van der Waals surface area contributed by atoms with Gasteiger partial charge in [-0.25, -0.2) is 0 Å². The summed E-state index contributed by atoms with van der Waals surface area (Å²) < 4.78 is 0.828. The molecule has 20 heavy (non-hydrogen) atoms. The molecule has 0 aliphatic heterocycles. The Morgan fingerprint density at radius 2 is 2.00 bits per heavy atom. The topological polar surface area (TPSA) is 29.1 Å². The van der Waals surface area contributed by atoms with Crippen molar-refractivity contribution in [1.29, 1.82) is 0 Å². The number of amides is 1. The molecule has 104 valence electrons. The summed E-state index contributed by atoms with van der Waals surface area (Å²) in [6.07, 6.45) is 1.97. The van der Waals surface area contributed by atoms with Crippen LogP contribution in [0.4, 0.5) is 5.69 Å². The third-order valence-electron chi connectivity index (χ3n) is 2.96. The van der Waals surface area contributed by atoms with Gasteiger partial charge in [-0.15, -0.1) is 0 Å². The van der Waals surface area contributed by atoms with E-state index in [0.717, 1.165) is 28.6 Å². The SMILES string of the molecule is CCCc1ccccc1NC(=O)c1cc(Br)ccc1Cl. The van der Waals surface area contributed by atoms with Crippen LogP contribution >= 0.6 is 27.5 Å². The number of carbonyl (C=O) groups excluding carboxylic acids is 1. The second-order valence-corrected chi connectivity index (χ2v) is 5.81. The largest absolute Gasteiger partial charge is 0.322 e. The second kappa shape index (κ2) is 6.91. The smallest absolute Gasteiger partial charge is 0.257 e. The van der Waals surface area contributed by atoms with Crippen molar-refractivity contribution in [2.75, 3.05) is 5.32 Å². The molecule has 2 rings (SSSR count). The molecule has 0 fully saturated rings.